The Labute approximate surface area is 206 Å². The van der Waals surface area contributed by atoms with Gasteiger partial charge in [0.1, 0.15) is 22.6 Å². The summed E-state index contributed by atoms with van der Waals surface area (Å²) in [7, 11) is -2.37. The molecule has 35 heavy (non-hydrogen) atoms. The van der Waals surface area contributed by atoms with Gasteiger partial charge in [-0.3, -0.25) is 0 Å². The average molecular weight is 508 g/mol. The summed E-state index contributed by atoms with van der Waals surface area (Å²) in [6, 6.07) is 9.71. The van der Waals surface area contributed by atoms with Crippen molar-refractivity contribution in [2.24, 2.45) is 5.92 Å². The van der Waals surface area contributed by atoms with Gasteiger partial charge in [0.2, 0.25) is 10.0 Å². The maximum absolute atomic E-state index is 14.5. The number of amides is 2. The van der Waals surface area contributed by atoms with Crippen LogP contribution >= 0.6 is 0 Å². The number of aliphatic hydroxyl groups is 1. The fourth-order valence-corrected chi connectivity index (χ4v) is 5.84. The number of carbonyl (C=O) groups is 1. The number of likely N-dealkylation sites (N-methyl/N-ethyl adjacent to an activating group) is 1. The van der Waals surface area contributed by atoms with Crippen molar-refractivity contribution in [3.8, 4) is 16.9 Å². The summed E-state index contributed by atoms with van der Waals surface area (Å²) in [5.41, 5.74) is 0.786. The van der Waals surface area contributed by atoms with Crippen LogP contribution in [0.25, 0.3) is 11.1 Å². The highest BCUT2D eigenvalue weighted by Gasteiger charge is 2.38. The van der Waals surface area contributed by atoms with Crippen molar-refractivity contribution in [2.75, 3.05) is 26.7 Å². The molecular formula is C25H34FN3O5S. The molecule has 1 aliphatic heterocycles. The quantitative estimate of drug-likeness (QED) is 0.625. The monoisotopic (exact) mass is 507 g/mol. The number of aliphatic hydroxyl groups excluding tert-OH is 1. The number of ether oxygens (including phenoxy) is 1. The molecule has 10 heteroatoms. The van der Waals surface area contributed by atoms with Crippen LogP contribution in [0.15, 0.2) is 47.4 Å². The van der Waals surface area contributed by atoms with Gasteiger partial charge in [0.05, 0.1) is 13.2 Å². The predicted octanol–water partition coefficient (Wildman–Crippen LogP) is 3.31. The Kier molecular flexibility index (Phi) is 8.40. The van der Waals surface area contributed by atoms with E-state index in [2.05, 4.69) is 5.32 Å². The number of sulfonamides is 1. The summed E-state index contributed by atoms with van der Waals surface area (Å²) in [6.07, 6.45) is -0.559. The number of nitrogens with zero attached hydrogens (tertiary/aromatic N) is 2. The average Bonchev–Trinajstić information content (AvgIpc) is 2.80. The lowest BCUT2D eigenvalue weighted by Crippen LogP contribution is -2.51. The lowest BCUT2D eigenvalue weighted by Gasteiger charge is -2.37. The molecule has 0 saturated heterocycles. The van der Waals surface area contributed by atoms with E-state index in [9.17, 15) is 22.7 Å². The Bertz CT molecular complexity index is 1160. The highest BCUT2D eigenvalue weighted by Crippen LogP contribution is 2.37. The van der Waals surface area contributed by atoms with E-state index in [1.54, 1.807) is 38.2 Å². The number of fused-ring (bicyclic) bond motifs is 1. The molecule has 0 fully saturated rings. The van der Waals surface area contributed by atoms with Gasteiger partial charge in [0.15, 0.2) is 0 Å². The molecule has 0 unspecified atom stereocenters. The molecular weight excluding hydrogens is 473 g/mol. The topological polar surface area (TPSA) is 99.2 Å². The molecule has 192 valence electrons. The van der Waals surface area contributed by atoms with E-state index < -0.39 is 28.0 Å². The lowest BCUT2D eigenvalue weighted by molar-refractivity contribution is 0.0810. The number of urea groups is 1. The van der Waals surface area contributed by atoms with Gasteiger partial charge >= 0.3 is 6.03 Å². The third-order valence-electron chi connectivity index (χ3n) is 6.06. The molecule has 8 nitrogen and oxygen atoms in total. The first-order valence-corrected chi connectivity index (χ1v) is 13.1. The summed E-state index contributed by atoms with van der Waals surface area (Å²) < 4.78 is 49.2. The van der Waals surface area contributed by atoms with Gasteiger partial charge in [-0.05, 0) is 44.5 Å². The molecule has 0 saturated carbocycles. The van der Waals surface area contributed by atoms with Crippen LogP contribution in [0.5, 0.6) is 5.75 Å². The molecule has 0 bridgehead atoms. The first-order chi connectivity index (χ1) is 16.4. The number of hydrogen-bond donors (Lipinski definition) is 2. The molecule has 2 aromatic carbocycles. The van der Waals surface area contributed by atoms with Crippen LogP contribution in [0.3, 0.4) is 0 Å². The molecule has 2 amide bonds. The summed E-state index contributed by atoms with van der Waals surface area (Å²) in [5.74, 6) is -0.680. The highest BCUT2D eigenvalue weighted by molar-refractivity contribution is 7.89. The van der Waals surface area contributed by atoms with Gasteiger partial charge in [0, 0.05) is 37.2 Å². The Morgan fingerprint density at radius 2 is 1.94 bits per heavy atom. The van der Waals surface area contributed by atoms with Gasteiger partial charge in [-0.25, -0.2) is 17.6 Å². The minimum absolute atomic E-state index is 0.0456. The van der Waals surface area contributed by atoms with E-state index in [0.29, 0.717) is 11.1 Å². The summed E-state index contributed by atoms with van der Waals surface area (Å²) in [4.78, 5) is 13.9. The smallest absolute Gasteiger partial charge is 0.317 e. The van der Waals surface area contributed by atoms with E-state index in [1.807, 2.05) is 20.8 Å². The van der Waals surface area contributed by atoms with E-state index in [1.165, 1.54) is 27.4 Å². The van der Waals surface area contributed by atoms with Gasteiger partial charge in [0.25, 0.3) is 0 Å². The predicted molar refractivity (Wildman–Crippen MR) is 132 cm³/mol. The molecule has 0 aliphatic carbocycles. The van der Waals surface area contributed by atoms with E-state index in [-0.39, 0.29) is 48.3 Å². The zero-order valence-corrected chi connectivity index (χ0v) is 21.5. The maximum atomic E-state index is 14.5. The van der Waals surface area contributed by atoms with E-state index >= 15 is 0 Å². The number of benzene rings is 2. The van der Waals surface area contributed by atoms with E-state index in [4.69, 9.17) is 4.74 Å². The Morgan fingerprint density at radius 3 is 2.57 bits per heavy atom. The molecule has 2 N–H and O–H groups in total. The van der Waals surface area contributed by atoms with Crippen LogP contribution in [0.2, 0.25) is 0 Å². The van der Waals surface area contributed by atoms with Crippen molar-refractivity contribution in [1.82, 2.24) is 14.5 Å². The first kappa shape index (κ1) is 26.9. The van der Waals surface area contributed by atoms with Crippen molar-refractivity contribution >= 4 is 16.1 Å². The van der Waals surface area contributed by atoms with Gasteiger partial charge in [-0.2, -0.15) is 4.31 Å². The molecule has 3 rings (SSSR count). The Hall–Kier alpha value is -2.69. The van der Waals surface area contributed by atoms with Crippen LogP contribution in [0, 0.1) is 11.7 Å². The fourth-order valence-electron chi connectivity index (χ4n) is 4.02. The first-order valence-electron chi connectivity index (χ1n) is 11.7. The van der Waals surface area contributed by atoms with E-state index in [0.717, 1.165) is 0 Å². The van der Waals surface area contributed by atoms with Crippen molar-refractivity contribution in [3.05, 3.63) is 48.3 Å². The minimum atomic E-state index is -4.02. The van der Waals surface area contributed by atoms with Gasteiger partial charge in [-0.15, -0.1) is 0 Å². The Balaban J connectivity index is 2.09. The second-order valence-corrected chi connectivity index (χ2v) is 11.2. The van der Waals surface area contributed by atoms with Crippen LogP contribution in [-0.2, 0) is 10.0 Å². The van der Waals surface area contributed by atoms with Crippen molar-refractivity contribution < 1.29 is 27.4 Å². The molecule has 3 atom stereocenters. The van der Waals surface area contributed by atoms with Crippen molar-refractivity contribution in [2.45, 2.75) is 50.8 Å². The number of halogens is 1. The van der Waals surface area contributed by atoms with Crippen LogP contribution in [0.4, 0.5) is 9.18 Å². The molecule has 0 radical (unpaired) electrons. The molecule has 0 aromatic heterocycles. The fraction of sp³-hybridized carbons (Fsp3) is 0.480. The maximum Gasteiger partial charge on any atom is 0.317 e. The normalized spacial score (nSPS) is 20.8. The number of nitrogens with one attached hydrogen (secondary N) is 1. The van der Waals surface area contributed by atoms with Crippen LogP contribution in [0.1, 0.15) is 27.7 Å². The van der Waals surface area contributed by atoms with Gasteiger partial charge < -0.3 is 20.1 Å². The minimum Gasteiger partial charge on any atom is -0.487 e. The second-order valence-electron chi connectivity index (χ2n) is 9.37. The molecule has 2 aromatic rings. The van der Waals surface area contributed by atoms with Crippen molar-refractivity contribution in [3.63, 3.8) is 0 Å². The zero-order chi connectivity index (χ0) is 25.9. The number of hydrogen-bond acceptors (Lipinski definition) is 5. The van der Waals surface area contributed by atoms with Crippen molar-refractivity contribution in [1.29, 1.82) is 0 Å². The summed E-state index contributed by atoms with van der Waals surface area (Å²) >= 11 is 0. The highest BCUT2D eigenvalue weighted by atomic mass is 32.2. The van der Waals surface area contributed by atoms with Crippen LogP contribution in [-0.4, -0.2) is 73.7 Å². The zero-order valence-electron chi connectivity index (χ0n) is 20.7. The van der Waals surface area contributed by atoms with Crippen LogP contribution < -0.4 is 10.1 Å². The molecule has 1 heterocycles. The molecule has 1 aliphatic rings. The number of rotatable bonds is 6. The SMILES string of the molecule is CC(C)NC(=O)N(C)C[C@@H]1Oc2cc(-c3ccccc3F)ccc2S(=O)(=O)N([C@@H](C)CO)C[C@H]1C. The number of carbonyl (C=O) groups excluding carboxylic acids is 1. The van der Waals surface area contributed by atoms with Gasteiger partial charge in [-0.1, -0.05) is 31.2 Å². The standard InChI is InChI=1S/C25H34FN3O5S/c1-16(2)27-25(31)28(5)14-23-17(3)13-29(18(4)15-30)35(32,33)24-11-10-19(12-22(24)34-23)20-8-6-7-9-21(20)26/h6-12,16-18,23,30H,13-15H2,1-5H3,(H,27,31)/t17-,18+,23+/m1/s1. The Morgan fingerprint density at radius 1 is 1.26 bits per heavy atom. The summed E-state index contributed by atoms with van der Waals surface area (Å²) in [6.45, 7) is 7.15. The lowest BCUT2D eigenvalue weighted by atomic mass is 10.0. The second kappa shape index (κ2) is 10.9. The largest absolute Gasteiger partial charge is 0.487 e. The summed E-state index contributed by atoms with van der Waals surface area (Å²) in [5, 5.41) is 12.6. The third-order valence-corrected chi connectivity index (χ3v) is 8.08. The molecule has 0 spiro atoms. The third kappa shape index (κ3) is 5.94.